The molecule has 146 valence electrons. The van der Waals surface area contributed by atoms with Crippen molar-refractivity contribution in [2.24, 2.45) is 0 Å². The first-order valence-corrected chi connectivity index (χ1v) is 9.22. The van der Waals surface area contributed by atoms with Gasteiger partial charge in [0.1, 0.15) is 5.75 Å². The predicted octanol–water partition coefficient (Wildman–Crippen LogP) is 5.77. The van der Waals surface area contributed by atoms with Crippen LogP contribution in [0, 0.1) is 6.92 Å². The number of allylic oxidation sites excluding steroid dienone is 3. The fourth-order valence-electron chi connectivity index (χ4n) is 3.53. The van der Waals surface area contributed by atoms with Crippen molar-refractivity contribution in [1.82, 2.24) is 0 Å². The van der Waals surface area contributed by atoms with Crippen LogP contribution in [0.4, 0.5) is 0 Å². The lowest BCUT2D eigenvalue weighted by Crippen LogP contribution is -1.96. The Hall–Kier alpha value is -3.66. The molecule has 3 aromatic carbocycles. The number of carbonyl (C=O) groups is 2. The Morgan fingerprint density at radius 2 is 1.69 bits per heavy atom. The van der Waals surface area contributed by atoms with Crippen LogP contribution < -0.4 is 0 Å². The van der Waals surface area contributed by atoms with Crippen molar-refractivity contribution < 1.29 is 19.8 Å². The summed E-state index contributed by atoms with van der Waals surface area (Å²) in [6.45, 7) is 5.18. The third-order valence-corrected chi connectivity index (χ3v) is 5.04. The maximum Gasteiger partial charge on any atom is 0.162 e. The molecule has 0 heterocycles. The normalized spacial score (nSPS) is 12.2. The Bertz CT molecular complexity index is 1180. The van der Waals surface area contributed by atoms with Gasteiger partial charge in [-0.15, -0.1) is 0 Å². The highest BCUT2D eigenvalue weighted by Gasteiger charge is 2.14. The summed E-state index contributed by atoms with van der Waals surface area (Å²) in [7, 11) is 0. The number of phenols is 1. The van der Waals surface area contributed by atoms with E-state index in [2.05, 4.69) is 0 Å². The second kappa shape index (κ2) is 8.15. The average Bonchev–Trinajstić information content (AvgIpc) is 2.71. The van der Waals surface area contributed by atoms with Crippen LogP contribution in [0.5, 0.6) is 5.75 Å². The van der Waals surface area contributed by atoms with Gasteiger partial charge in [0.25, 0.3) is 0 Å². The van der Waals surface area contributed by atoms with Gasteiger partial charge in [-0.05, 0) is 77.6 Å². The number of aldehydes is 1. The molecule has 0 aliphatic rings. The molecule has 29 heavy (non-hydrogen) atoms. The Morgan fingerprint density at radius 1 is 1.00 bits per heavy atom. The van der Waals surface area contributed by atoms with E-state index in [4.69, 9.17) is 0 Å². The summed E-state index contributed by atoms with van der Waals surface area (Å²) in [6, 6.07) is 15.1. The molecule has 0 aromatic heterocycles. The number of rotatable bonds is 5. The molecule has 0 spiro atoms. The van der Waals surface area contributed by atoms with E-state index in [1.54, 1.807) is 18.2 Å². The van der Waals surface area contributed by atoms with Crippen molar-refractivity contribution in [3.63, 3.8) is 0 Å². The van der Waals surface area contributed by atoms with Crippen molar-refractivity contribution in [3.8, 4) is 16.9 Å². The number of aromatic hydroxyl groups is 1. The zero-order valence-corrected chi connectivity index (χ0v) is 16.6. The molecule has 4 nitrogen and oxygen atoms in total. The highest BCUT2D eigenvalue weighted by Crippen LogP contribution is 2.37. The lowest BCUT2D eigenvalue weighted by atomic mass is 9.89. The van der Waals surface area contributed by atoms with Crippen LogP contribution in [0.3, 0.4) is 0 Å². The van der Waals surface area contributed by atoms with Gasteiger partial charge in [0.15, 0.2) is 12.1 Å². The second-order valence-corrected chi connectivity index (χ2v) is 7.02. The number of hydrogen-bond donors (Lipinski definition) is 2. The summed E-state index contributed by atoms with van der Waals surface area (Å²) in [5.41, 5.74) is 4.81. The Balaban J connectivity index is 2.34. The number of phenolic OH excluding ortho intramolecular Hbond substituents is 1. The first-order valence-electron chi connectivity index (χ1n) is 9.22. The van der Waals surface area contributed by atoms with Crippen LogP contribution in [0.2, 0.25) is 0 Å². The molecule has 0 amide bonds. The van der Waals surface area contributed by atoms with Crippen LogP contribution in [0.25, 0.3) is 27.5 Å². The molecule has 3 rings (SSSR count). The van der Waals surface area contributed by atoms with Crippen molar-refractivity contribution in [1.29, 1.82) is 0 Å². The number of ketones is 1. The zero-order valence-electron chi connectivity index (χ0n) is 16.6. The third kappa shape index (κ3) is 3.83. The number of fused-ring (bicyclic) bond motifs is 1. The van der Waals surface area contributed by atoms with Gasteiger partial charge in [-0.2, -0.15) is 0 Å². The Morgan fingerprint density at radius 3 is 2.31 bits per heavy atom. The summed E-state index contributed by atoms with van der Waals surface area (Å²) >= 11 is 0. The minimum Gasteiger partial charge on any atom is -0.515 e. The third-order valence-electron chi connectivity index (χ3n) is 5.04. The molecule has 3 aromatic rings. The van der Waals surface area contributed by atoms with Crippen LogP contribution in [0.1, 0.15) is 35.3 Å². The van der Waals surface area contributed by atoms with Gasteiger partial charge in [-0.1, -0.05) is 36.4 Å². The van der Waals surface area contributed by atoms with Gasteiger partial charge in [0.05, 0.1) is 17.4 Å². The van der Waals surface area contributed by atoms with Crippen molar-refractivity contribution in [2.45, 2.75) is 20.8 Å². The van der Waals surface area contributed by atoms with E-state index in [1.807, 2.05) is 50.2 Å². The molecule has 0 aliphatic carbocycles. The number of aryl methyl sites for hydroxylation is 1. The molecule has 0 unspecified atom stereocenters. The Labute approximate surface area is 169 Å². The largest absolute Gasteiger partial charge is 0.515 e. The maximum absolute atomic E-state index is 11.7. The number of Topliss-reactive ketones (excluding diaryl/α,β-unsaturated/α-hetero) is 1. The molecule has 0 fully saturated rings. The van der Waals surface area contributed by atoms with Crippen LogP contribution in [0.15, 0.2) is 66.4 Å². The van der Waals surface area contributed by atoms with Crippen molar-refractivity contribution in [3.05, 3.63) is 83.1 Å². The zero-order chi connectivity index (χ0) is 21.1. The monoisotopic (exact) mass is 386 g/mol. The molecule has 0 saturated carbocycles. The summed E-state index contributed by atoms with van der Waals surface area (Å²) in [5.74, 6) is -0.269. The molecule has 0 radical (unpaired) electrons. The summed E-state index contributed by atoms with van der Waals surface area (Å²) in [6.07, 6.45) is 3.12. The molecule has 2 N–H and O–H groups in total. The van der Waals surface area contributed by atoms with E-state index in [0.717, 1.165) is 44.9 Å². The molecular formula is C25H22O4. The van der Waals surface area contributed by atoms with Crippen LogP contribution in [-0.2, 0) is 4.79 Å². The molecule has 0 bridgehead atoms. The van der Waals surface area contributed by atoms with E-state index in [-0.39, 0.29) is 22.7 Å². The van der Waals surface area contributed by atoms with Gasteiger partial charge in [0.2, 0.25) is 0 Å². The number of aliphatic hydroxyl groups excluding tert-OH is 1. The summed E-state index contributed by atoms with van der Waals surface area (Å²) in [5, 5.41) is 21.3. The molecular weight excluding hydrogens is 364 g/mol. The van der Waals surface area contributed by atoms with E-state index < -0.39 is 0 Å². The fourth-order valence-corrected chi connectivity index (χ4v) is 3.53. The first-order chi connectivity index (χ1) is 13.9. The van der Waals surface area contributed by atoms with E-state index in [1.165, 1.54) is 6.92 Å². The minimum absolute atomic E-state index is 0.0445. The Kier molecular flexibility index (Phi) is 5.64. The standard InChI is InChI=1S/C25H22O4/c1-15(10-19(13-26)17(3)28)21-8-4-6-18-7-5-9-22(25(18)21)23-12-20(14-27)24(29)11-16(23)2/h4-14,26,29H,1-3H3/b15-10+,19-13?. The van der Waals surface area contributed by atoms with Gasteiger partial charge in [0, 0.05) is 0 Å². The fraction of sp³-hybridized carbons (Fsp3) is 0.120. The smallest absolute Gasteiger partial charge is 0.162 e. The van der Waals surface area contributed by atoms with Gasteiger partial charge in [-0.3, -0.25) is 9.59 Å². The topological polar surface area (TPSA) is 74.6 Å². The molecule has 0 atom stereocenters. The van der Waals surface area contributed by atoms with Crippen LogP contribution >= 0.6 is 0 Å². The molecule has 4 heteroatoms. The number of hydrogen-bond acceptors (Lipinski definition) is 4. The lowest BCUT2D eigenvalue weighted by Gasteiger charge is -2.15. The first kappa shape index (κ1) is 20.1. The highest BCUT2D eigenvalue weighted by atomic mass is 16.3. The quantitative estimate of drug-likeness (QED) is 0.253. The van der Waals surface area contributed by atoms with Gasteiger partial charge < -0.3 is 10.2 Å². The maximum atomic E-state index is 11.7. The summed E-state index contributed by atoms with van der Waals surface area (Å²) in [4.78, 5) is 23.1. The SMILES string of the molecule is CC(=O)C(=CO)/C=C(\C)c1cccc2cccc(-c3cc(C=O)c(O)cc3C)c12. The number of carbonyl (C=O) groups excluding carboxylic acids is 2. The number of aliphatic hydroxyl groups is 1. The van der Waals surface area contributed by atoms with Crippen molar-refractivity contribution >= 4 is 28.4 Å². The second-order valence-electron chi connectivity index (χ2n) is 7.02. The lowest BCUT2D eigenvalue weighted by molar-refractivity contribution is -0.113. The van der Waals surface area contributed by atoms with Gasteiger partial charge in [-0.25, -0.2) is 0 Å². The van der Waals surface area contributed by atoms with Gasteiger partial charge >= 0.3 is 0 Å². The average molecular weight is 386 g/mol. The molecule has 0 aliphatic heterocycles. The highest BCUT2D eigenvalue weighted by molar-refractivity contribution is 6.06. The predicted molar refractivity (Wildman–Crippen MR) is 116 cm³/mol. The van der Waals surface area contributed by atoms with Crippen LogP contribution in [-0.4, -0.2) is 22.3 Å². The molecule has 0 saturated heterocycles. The van der Waals surface area contributed by atoms with E-state index in [0.29, 0.717) is 6.29 Å². The summed E-state index contributed by atoms with van der Waals surface area (Å²) < 4.78 is 0. The van der Waals surface area contributed by atoms with E-state index in [9.17, 15) is 19.8 Å². The number of benzene rings is 3. The minimum atomic E-state index is -0.225. The van der Waals surface area contributed by atoms with E-state index >= 15 is 0 Å². The van der Waals surface area contributed by atoms with Crippen molar-refractivity contribution in [2.75, 3.05) is 0 Å².